The topological polar surface area (TPSA) is 73.1 Å². The van der Waals surface area contributed by atoms with E-state index in [0.717, 1.165) is 11.4 Å². The minimum absolute atomic E-state index is 0.486. The minimum Gasteiger partial charge on any atom is -0.490 e. The highest BCUT2D eigenvalue weighted by atomic mass is 32.2. The molecule has 1 atom stereocenters. The van der Waals surface area contributed by atoms with Crippen LogP contribution in [0.5, 0.6) is 5.75 Å². The van der Waals surface area contributed by atoms with E-state index >= 15 is 0 Å². The summed E-state index contributed by atoms with van der Waals surface area (Å²) in [5.74, 6) is 6.44. The van der Waals surface area contributed by atoms with Gasteiger partial charge in [0.1, 0.15) is 11.4 Å². The van der Waals surface area contributed by atoms with Crippen LogP contribution in [0, 0.1) is 0 Å². The van der Waals surface area contributed by atoms with Gasteiger partial charge in [-0.3, -0.25) is 0 Å². The normalized spacial score (nSPS) is 12.3. The molecular formula is C9H16N4OS. The predicted molar refractivity (Wildman–Crippen MR) is 62.0 cm³/mol. The third kappa shape index (κ3) is 2.97. The third-order valence-corrected chi connectivity index (χ3v) is 3.25. The summed E-state index contributed by atoms with van der Waals surface area (Å²) in [6.07, 6.45) is 2.55. The molecule has 1 unspecified atom stereocenters. The van der Waals surface area contributed by atoms with E-state index < -0.39 is 0 Å². The lowest BCUT2D eigenvalue weighted by Gasteiger charge is -2.12. The summed E-state index contributed by atoms with van der Waals surface area (Å²) >= 11 is 1.65. The summed E-state index contributed by atoms with van der Waals surface area (Å²) in [5.41, 5.74) is 2.49. The van der Waals surface area contributed by atoms with E-state index in [1.165, 1.54) is 6.33 Å². The molecule has 0 spiro atoms. The summed E-state index contributed by atoms with van der Waals surface area (Å²) in [7, 11) is 1.58. The van der Waals surface area contributed by atoms with Crippen molar-refractivity contribution in [3.8, 4) is 5.75 Å². The number of hydrogen-bond donors (Lipinski definition) is 2. The monoisotopic (exact) mass is 228 g/mol. The fourth-order valence-electron chi connectivity index (χ4n) is 1.00. The van der Waals surface area contributed by atoms with Crippen LogP contribution >= 0.6 is 11.8 Å². The first-order valence-corrected chi connectivity index (χ1v) is 5.63. The molecule has 84 valence electrons. The number of nitrogens with two attached hydrogens (primary N) is 1. The smallest absolute Gasteiger partial charge is 0.195 e. The molecule has 0 aliphatic heterocycles. The van der Waals surface area contributed by atoms with Gasteiger partial charge < -0.3 is 10.2 Å². The van der Waals surface area contributed by atoms with Gasteiger partial charge >= 0.3 is 0 Å². The number of nitrogens with zero attached hydrogens (tertiary/aromatic N) is 2. The van der Waals surface area contributed by atoms with E-state index in [1.54, 1.807) is 18.9 Å². The Morgan fingerprint density at radius 2 is 2.33 bits per heavy atom. The number of methoxy groups -OCH3 is 1. The molecule has 0 aliphatic carbocycles. The Hall–Kier alpha value is -1.01. The summed E-state index contributed by atoms with van der Waals surface area (Å²) in [6.45, 7) is 4.27. The number of hydrogen-bond acceptors (Lipinski definition) is 6. The second-order valence-electron chi connectivity index (χ2n) is 3.04. The van der Waals surface area contributed by atoms with E-state index in [4.69, 9.17) is 10.6 Å². The molecule has 1 rings (SSSR count). The van der Waals surface area contributed by atoms with Crippen LogP contribution in [-0.4, -0.2) is 22.3 Å². The van der Waals surface area contributed by atoms with Crippen molar-refractivity contribution in [2.24, 2.45) is 5.84 Å². The molecule has 0 fully saturated rings. The Morgan fingerprint density at radius 1 is 1.60 bits per heavy atom. The highest BCUT2D eigenvalue weighted by molar-refractivity contribution is 7.99. The fourth-order valence-corrected chi connectivity index (χ4v) is 1.95. The zero-order valence-corrected chi connectivity index (χ0v) is 9.97. The number of hydrazine groups is 1. The van der Waals surface area contributed by atoms with Crippen molar-refractivity contribution < 1.29 is 4.74 Å². The number of nitrogens with one attached hydrogen (secondary N) is 1. The molecule has 0 bridgehead atoms. The molecule has 0 saturated heterocycles. The van der Waals surface area contributed by atoms with Gasteiger partial charge in [0, 0.05) is 5.25 Å². The zero-order valence-electron chi connectivity index (χ0n) is 9.15. The molecule has 5 nitrogen and oxygen atoms in total. The molecule has 1 heterocycles. The highest BCUT2D eigenvalue weighted by Crippen LogP contribution is 2.34. The van der Waals surface area contributed by atoms with Gasteiger partial charge in [-0.15, -0.1) is 0 Å². The lowest BCUT2D eigenvalue weighted by molar-refractivity contribution is 0.400. The Morgan fingerprint density at radius 3 is 2.87 bits per heavy atom. The number of nitrogen functional groups attached to an aromatic ring is 1. The standard InChI is InChI=1S/C9H16N4OS/c1-4-6(2)15-9-7(14-3)8(13-10)11-5-12-9/h5-6H,4,10H2,1-3H3,(H,11,12,13). The molecule has 0 amide bonds. The minimum atomic E-state index is 0.486. The van der Waals surface area contributed by atoms with Gasteiger partial charge in [-0.05, 0) is 6.42 Å². The van der Waals surface area contributed by atoms with Crippen molar-refractivity contribution in [2.75, 3.05) is 12.5 Å². The number of thioether (sulfide) groups is 1. The number of anilines is 1. The SMILES string of the molecule is CCC(C)Sc1ncnc(NN)c1OC. The van der Waals surface area contributed by atoms with E-state index in [0.29, 0.717) is 16.8 Å². The van der Waals surface area contributed by atoms with Gasteiger partial charge in [0.25, 0.3) is 0 Å². The van der Waals surface area contributed by atoms with Crippen molar-refractivity contribution in [3.05, 3.63) is 6.33 Å². The second kappa shape index (κ2) is 5.77. The van der Waals surface area contributed by atoms with Crippen molar-refractivity contribution in [2.45, 2.75) is 30.5 Å². The van der Waals surface area contributed by atoms with Crippen molar-refractivity contribution >= 4 is 17.6 Å². The maximum absolute atomic E-state index is 5.33. The van der Waals surface area contributed by atoms with Crippen LogP contribution in [0.15, 0.2) is 11.4 Å². The number of ether oxygens (including phenoxy) is 1. The molecule has 0 radical (unpaired) electrons. The Labute approximate surface area is 93.8 Å². The van der Waals surface area contributed by atoms with Crippen LogP contribution in [-0.2, 0) is 0 Å². The van der Waals surface area contributed by atoms with Crippen molar-refractivity contribution in [3.63, 3.8) is 0 Å². The van der Waals surface area contributed by atoms with Gasteiger partial charge in [0.15, 0.2) is 11.6 Å². The van der Waals surface area contributed by atoms with Gasteiger partial charge in [-0.25, -0.2) is 15.8 Å². The number of aromatic nitrogens is 2. The second-order valence-corrected chi connectivity index (χ2v) is 4.47. The molecule has 6 heteroatoms. The summed E-state index contributed by atoms with van der Waals surface area (Å²) in [6, 6.07) is 0. The van der Waals surface area contributed by atoms with Crippen LogP contribution < -0.4 is 16.0 Å². The Balaban J connectivity index is 2.95. The van der Waals surface area contributed by atoms with E-state index in [1.807, 2.05) is 0 Å². The van der Waals surface area contributed by atoms with Crippen LogP contribution in [0.25, 0.3) is 0 Å². The van der Waals surface area contributed by atoms with Crippen LogP contribution in [0.4, 0.5) is 5.82 Å². The lowest BCUT2D eigenvalue weighted by Crippen LogP contribution is -2.11. The zero-order chi connectivity index (χ0) is 11.3. The van der Waals surface area contributed by atoms with Gasteiger partial charge in [-0.2, -0.15) is 0 Å². The molecule has 0 aromatic carbocycles. The molecule has 1 aromatic heterocycles. The van der Waals surface area contributed by atoms with Crippen LogP contribution in [0.2, 0.25) is 0 Å². The Kier molecular flexibility index (Phi) is 4.64. The largest absolute Gasteiger partial charge is 0.490 e. The summed E-state index contributed by atoms with van der Waals surface area (Å²) in [4.78, 5) is 8.15. The first kappa shape index (κ1) is 12.1. The summed E-state index contributed by atoms with van der Waals surface area (Å²) < 4.78 is 5.22. The molecule has 0 saturated carbocycles. The first-order valence-electron chi connectivity index (χ1n) is 4.75. The average Bonchev–Trinajstić information content (AvgIpc) is 2.28. The van der Waals surface area contributed by atoms with E-state index in [-0.39, 0.29) is 0 Å². The van der Waals surface area contributed by atoms with E-state index in [9.17, 15) is 0 Å². The lowest BCUT2D eigenvalue weighted by atomic mass is 10.4. The molecular weight excluding hydrogens is 212 g/mol. The third-order valence-electron chi connectivity index (χ3n) is 2.00. The first-order chi connectivity index (χ1) is 7.22. The van der Waals surface area contributed by atoms with Crippen molar-refractivity contribution in [1.82, 2.24) is 9.97 Å². The molecule has 0 aliphatic rings. The Bertz CT molecular complexity index is 321. The highest BCUT2D eigenvalue weighted by Gasteiger charge is 2.13. The molecule has 15 heavy (non-hydrogen) atoms. The van der Waals surface area contributed by atoms with Gasteiger partial charge in [-0.1, -0.05) is 25.6 Å². The van der Waals surface area contributed by atoms with Crippen LogP contribution in [0.3, 0.4) is 0 Å². The maximum atomic E-state index is 5.33. The van der Waals surface area contributed by atoms with Crippen molar-refractivity contribution in [1.29, 1.82) is 0 Å². The van der Waals surface area contributed by atoms with Gasteiger partial charge in [0.2, 0.25) is 0 Å². The fraction of sp³-hybridized carbons (Fsp3) is 0.556. The maximum Gasteiger partial charge on any atom is 0.195 e. The van der Waals surface area contributed by atoms with E-state index in [2.05, 4.69) is 29.2 Å². The number of rotatable bonds is 5. The molecule has 1 aromatic rings. The average molecular weight is 228 g/mol. The molecule has 3 N–H and O–H groups in total. The quantitative estimate of drug-likeness (QED) is 0.345. The van der Waals surface area contributed by atoms with Crippen LogP contribution in [0.1, 0.15) is 20.3 Å². The van der Waals surface area contributed by atoms with Gasteiger partial charge in [0.05, 0.1) is 7.11 Å². The summed E-state index contributed by atoms with van der Waals surface area (Å²) in [5, 5.41) is 1.30. The predicted octanol–water partition coefficient (Wildman–Crippen LogP) is 1.66.